The van der Waals surface area contributed by atoms with Crippen molar-refractivity contribution >= 4 is 0 Å². The summed E-state index contributed by atoms with van der Waals surface area (Å²) >= 11 is 0. The lowest BCUT2D eigenvalue weighted by Crippen LogP contribution is -2.33. The van der Waals surface area contributed by atoms with Crippen molar-refractivity contribution in [3.63, 3.8) is 0 Å². The Balaban J connectivity index is 1.70. The average Bonchev–Trinajstić information content (AvgIpc) is 3.00. The van der Waals surface area contributed by atoms with E-state index in [1.54, 1.807) is 0 Å². The molecule has 3 atom stereocenters. The van der Waals surface area contributed by atoms with Gasteiger partial charge in [-0.25, -0.2) is 0 Å². The molecule has 0 radical (unpaired) electrons. The maximum atomic E-state index is 5.76. The van der Waals surface area contributed by atoms with Gasteiger partial charge in [0.25, 0.3) is 0 Å². The number of ether oxygens (including phenoxy) is 1. The first kappa shape index (κ1) is 12.0. The number of nitrogens with two attached hydrogens (primary N) is 1. The van der Waals surface area contributed by atoms with Crippen molar-refractivity contribution in [2.24, 2.45) is 23.6 Å². The molecule has 3 nitrogen and oxygen atoms in total. The van der Waals surface area contributed by atoms with Gasteiger partial charge in [0.1, 0.15) is 5.75 Å². The molecule has 0 heterocycles. The van der Waals surface area contributed by atoms with E-state index in [9.17, 15) is 0 Å². The minimum absolute atomic E-state index is 0.300. The Kier molecular flexibility index (Phi) is 3.27. The Hall–Kier alpha value is -1.06. The van der Waals surface area contributed by atoms with Gasteiger partial charge >= 0.3 is 0 Å². The van der Waals surface area contributed by atoms with Crippen molar-refractivity contribution in [1.82, 2.24) is 5.43 Å². The third-order valence-electron chi connectivity index (χ3n) is 4.48. The second-order valence-corrected chi connectivity index (χ2v) is 5.63. The van der Waals surface area contributed by atoms with Gasteiger partial charge in [0, 0.05) is 6.04 Å². The lowest BCUT2D eigenvalue weighted by Gasteiger charge is -2.24. The van der Waals surface area contributed by atoms with Gasteiger partial charge in [0.2, 0.25) is 0 Å². The van der Waals surface area contributed by atoms with E-state index in [1.165, 1.54) is 24.8 Å². The van der Waals surface area contributed by atoms with Gasteiger partial charge in [-0.05, 0) is 61.6 Å². The molecular formula is C15H22N2O. The van der Waals surface area contributed by atoms with Gasteiger partial charge in [0.05, 0.1) is 6.61 Å². The topological polar surface area (TPSA) is 47.3 Å². The highest BCUT2D eigenvalue weighted by atomic mass is 16.5. The lowest BCUT2D eigenvalue weighted by molar-refractivity contribution is 0.336. The highest BCUT2D eigenvalue weighted by Crippen LogP contribution is 2.57. The van der Waals surface area contributed by atoms with Crippen molar-refractivity contribution in [1.29, 1.82) is 0 Å². The summed E-state index contributed by atoms with van der Waals surface area (Å²) in [6.45, 7) is 2.72. The van der Waals surface area contributed by atoms with Crippen LogP contribution in [0.4, 0.5) is 0 Å². The summed E-state index contributed by atoms with van der Waals surface area (Å²) in [6.07, 6.45) is 4.14. The fraction of sp³-hybridized carbons (Fsp3) is 0.600. The van der Waals surface area contributed by atoms with E-state index in [4.69, 9.17) is 10.6 Å². The van der Waals surface area contributed by atoms with E-state index in [2.05, 4.69) is 17.6 Å². The summed E-state index contributed by atoms with van der Waals surface area (Å²) in [5.41, 5.74) is 4.30. The molecule has 0 aromatic heterocycles. The zero-order valence-corrected chi connectivity index (χ0v) is 10.9. The molecule has 2 saturated carbocycles. The van der Waals surface area contributed by atoms with E-state index in [0.717, 1.165) is 17.6 Å². The van der Waals surface area contributed by atoms with Crippen LogP contribution in [0.15, 0.2) is 24.3 Å². The predicted octanol–water partition coefficient (Wildman–Crippen LogP) is 2.64. The number of hydrazine groups is 1. The molecule has 2 aliphatic carbocycles. The SMILES string of the molecule is CCOc1ccc(C(NN)C2CC3CC3C2)cc1. The van der Waals surface area contributed by atoms with Crippen LogP contribution in [0, 0.1) is 17.8 Å². The smallest absolute Gasteiger partial charge is 0.119 e. The number of nitrogens with one attached hydrogen (secondary N) is 1. The summed E-state index contributed by atoms with van der Waals surface area (Å²) in [6, 6.07) is 8.66. The summed E-state index contributed by atoms with van der Waals surface area (Å²) in [7, 11) is 0. The summed E-state index contributed by atoms with van der Waals surface area (Å²) in [5, 5.41) is 0. The minimum Gasteiger partial charge on any atom is -0.494 e. The van der Waals surface area contributed by atoms with Gasteiger partial charge in [0.15, 0.2) is 0 Å². The maximum absolute atomic E-state index is 5.76. The average molecular weight is 246 g/mol. The Bertz CT molecular complexity index is 393. The molecule has 1 aromatic carbocycles. The fourth-order valence-electron chi connectivity index (χ4n) is 3.48. The van der Waals surface area contributed by atoms with Crippen LogP contribution in [0.3, 0.4) is 0 Å². The molecule has 3 rings (SSSR count). The molecule has 0 aliphatic heterocycles. The molecule has 1 aromatic rings. The number of rotatable bonds is 5. The number of hydrogen-bond donors (Lipinski definition) is 2. The standard InChI is InChI=1S/C15H22N2O/c1-2-18-14-5-3-10(4-6-14)15(17-16)13-8-11-7-12(11)9-13/h3-6,11-13,15,17H,2,7-9,16H2,1H3. The third kappa shape index (κ3) is 2.25. The quantitative estimate of drug-likeness (QED) is 0.620. The molecule has 0 spiro atoms. The van der Waals surface area contributed by atoms with E-state index >= 15 is 0 Å². The van der Waals surface area contributed by atoms with Crippen LogP contribution in [0.25, 0.3) is 0 Å². The molecular weight excluding hydrogens is 224 g/mol. The van der Waals surface area contributed by atoms with Crippen LogP contribution >= 0.6 is 0 Å². The molecule has 3 unspecified atom stereocenters. The highest BCUT2D eigenvalue weighted by Gasteiger charge is 2.47. The van der Waals surface area contributed by atoms with Gasteiger partial charge in [-0.1, -0.05) is 12.1 Å². The largest absolute Gasteiger partial charge is 0.494 e. The highest BCUT2D eigenvalue weighted by molar-refractivity contribution is 5.30. The van der Waals surface area contributed by atoms with E-state index < -0.39 is 0 Å². The van der Waals surface area contributed by atoms with Crippen LogP contribution in [0.5, 0.6) is 5.75 Å². The van der Waals surface area contributed by atoms with E-state index in [0.29, 0.717) is 18.6 Å². The predicted molar refractivity (Wildman–Crippen MR) is 72.0 cm³/mol. The van der Waals surface area contributed by atoms with Crippen molar-refractivity contribution in [2.45, 2.75) is 32.2 Å². The molecule has 98 valence electrons. The maximum Gasteiger partial charge on any atom is 0.119 e. The summed E-state index contributed by atoms with van der Waals surface area (Å²) in [4.78, 5) is 0. The van der Waals surface area contributed by atoms with Crippen molar-refractivity contribution in [2.75, 3.05) is 6.61 Å². The Morgan fingerprint density at radius 1 is 1.22 bits per heavy atom. The zero-order chi connectivity index (χ0) is 12.5. The monoisotopic (exact) mass is 246 g/mol. The van der Waals surface area contributed by atoms with Crippen LogP contribution in [-0.2, 0) is 0 Å². The van der Waals surface area contributed by atoms with Crippen molar-refractivity contribution in [3.05, 3.63) is 29.8 Å². The molecule has 0 saturated heterocycles. The van der Waals surface area contributed by atoms with Gasteiger partial charge in [-0.2, -0.15) is 0 Å². The summed E-state index contributed by atoms with van der Waals surface area (Å²) < 4.78 is 5.47. The van der Waals surface area contributed by atoms with E-state index in [1.807, 2.05) is 19.1 Å². The van der Waals surface area contributed by atoms with Crippen LogP contribution in [0.2, 0.25) is 0 Å². The van der Waals surface area contributed by atoms with Crippen molar-refractivity contribution in [3.8, 4) is 5.75 Å². The second kappa shape index (κ2) is 4.90. The summed E-state index contributed by atoms with van der Waals surface area (Å²) in [5.74, 6) is 9.39. The Morgan fingerprint density at radius 3 is 2.44 bits per heavy atom. The normalized spacial score (nSPS) is 30.9. The molecule has 18 heavy (non-hydrogen) atoms. The van der Waals surface area contributed by atoms with Gasteiger partial charge < -0.3 is 4.74 Å². The first-order valence-corrected chi connectivity index (χ1v) is 7.00. The van der Waals surface area contributed by atoms with Gasteiger partial charge in [-0.3, -0.25) is 11.3 Å². The molecule has 2 fully saturated rings. The van der Waals surface area contributed by atoms with E-state index in [-0.39, 0.29) is 0 Å². The fourth-order valence-corrected chi connectivity index (χ4v) is 3.48. The van der Waals surface area contributed by atoms with Crippen LogP contribution in [-0.4, -0.2) is 6.61 Å². The number of fused-ring (bicyclic) bond motifs is 1. The molecule has 3 N–H and O–H groups in total. The molecule has 3 heteroatoms. The third-order valence-corrected chi connectivity index (χ3v) is 4.48. The second-order valence-electron chi connectivity index (χ2n) is 5.63. The first-order valence-electron chi connectivity index (χ1n) is 7.00. The van der Waals surface area contributed by atoms with Crippen molar-refractivity contribution < 1.29 is 4.74 Å². The zero-order valence-electron chi connectivity index (χ0n) is 10.9. The minimum atomic E-state index is 0.300. The van der Waals surface area contributed by atoms with Crippen LogP contribution < -0.4 is 16.0 Å². The van der Waals surface area contributed by atoms with Gasteiger partial charge in [-0.15, -0.1) is 0 Å². The molecule has 0 bridgehead atoms. The Morgan fingerprint density at radius 2 is 1.89 bits per heavy atom. The van der Waals surface area contributed by atoms with Crippen LogP contribution in [0.1, 0.15) is 37.8 Å². The Labute approximate surface area is 109 Å². The molecule has 2 aliphatic rings. The number of benzene rings is 1. The number of hydrogen-bond acceptors (Lipinski definition) is 3. The molecule has 0 amide bonds. The lowest BCUT2D eigenvalue weighted by atomic mass is 9.89. The first-order chi connectivity index (χ1) is 8.81.